The van der Waals surface area contributed by atoms with Crippen LogP contribution >= 0.6 is 43.2 Å². The van der Waals surface area contributed by atoms with Crippen molar-refractivity contribution < 1.29 is 18.7 Å². The quantitative estimate of drug-likeness (QED) is 0.426. The first-order valence-corrected chi connectivity index (χ1v) is 12.0. The molecule has 0 radical (unpaired) electrons. The van der Waals surface area contributed by atoms with Crippen molar-refractivity contribution in [2.45, 2.75) is 19.9 Å². The van der Waals surface area contributed by atoms with E-state index < -0.39 is 12.0 Å². The third kappa shape index (κ3) is 4.02. The van der Waals surface area contributed by atoms with Gasteiger partial charge in [0.2, 0.25) is 0 Å². The van der Waals surface area contributed by atoms with Crippen molar-refractivity contribution >= 4 is 55.2 Å². The molecule has 0 spiro atoms. The van der Waals surface area contributed by atoms with E-state index in [-0.39, 0.29) is 12.2 Å². The summed E-state index contributed by atoms with van der Waals surface area (Å²) in [5.74, 6) is 0.546. The second-order valence-electron chi connectivity index (χ2n) is 6.81. The predicted octanol–water partition coefficient (Wildman–Crippen LogP) is 3.92. The van der Waals surface area contributed by atoms with E-state index in [0.717, 1.165) is 4.47 Å². The second kappa shape index (κ2) is 9.21. The van der Waals surface area contributed by atoms with Gasteiger partial charge in [0.1, 0.15) is 17.6 Å². The number of para-hydroxylation sites is 1. The fourth-order valence-corrected chi connectivity index (χ4v) is 5.18. The molecule has 0 N–H and O–H groups in total. The van der Waals surface area contributed by atoms with Crippen molar-refractivity contribution in [2.24, 2.45) is 4.99 Å². The molecule has 0 saturated carbocycles. The minimum atomic E-state index is -0.737. The molecule has 4 rings (SSSR count). The molecule has 7 nitrogen and oxygen atoms in total. The number of allylic oxidation sites excluding steroid dienone is 1. The van der Waals surface area contributed by atoms with Crippen molar-refractivity contribution in [3.63, 3.8) is 0 Å². The van der Waals surface area contributed by atoms with Gasteiger partial charge in [-0.15, -0.1) is 0 Å². The Morgan fingerprint density at radius 3 is 2.75 bits per heavy atom. The Morgan fingerprint density at radius 2 is 2.09 bits per heavy atom. The van der Waals surface area contributed by atoms with E-state index in [1.165, 1.54) is 15.9 Å². The first kappa shape index (κ1) is 22.8. The van der Waals surface area contributed by atoms with Crippen molar-refractivity contribution in [3.05, 3.63) is 81.8 Å². The fourth-order valence-electron chi connectivity index (χ4n) is 3.54. The van der Waals surface area contributed by atoms with Crippen LogP contribution in [-0.4, -0.2) is 24.3 Å². The van der Waals surface area contributed by atoms with E-state index in [2.05, 4.69) is 36.9 Å². The van der Waals surface area contributed by atoms with Gasteiger partial charge < -0.3 is 13.9 Å². The summed E-state index contributed by atoms with van der Waals surface area (Å²) in [6.07, 6.45) is 1.65. The summed E-state index contributed by atoms with van der Waals surface area (Å²) in [4.78, 5) is 31.5. The zero-order valence-electron chi connectivity index (χ0n) is 17.3. The molecule has 0 saturated heterocycles. The molecule has 0 bridgehead atoms. The lowest BCUT2D eigenvalue weighted by molar-refractivity contribution is -0.139. The van der Waals surface area contributed by atoms with Gasteiger partial charge in [0.15, 0.2) is 9.47 Å². The van der Waals surface area contributed by atoms with Crippen LogP contribution in [0.5, 0.6) is 5.75 Å². The number of furan rings is 1. The maximum atomic E-state index is 13.5. The van der Waals surface area contributed by atoms with Crippen molar-refractivity contribution in [3.8, 4) is 5.75 Å². The van der Waals surface area contributed by atoms with Gasteiger partial charge in [-0.1, -0.05) is 29.5 Å². The minimum absolute atomic E-state index is 0.209. The number of carbonyl (C=O) groups is 1. The van der Waals surface area contributed by atoms with Crippen LogP contribution in [0.15, 0.2) is 64.9 Å². The predicted molar refractivity (Wildman–Crippen MR) is 128 cm³/mol. The van der Waals surface area contributed by atoms with Crippen molar-refractivity contribution in [2.75, 3.05) is 13.7 Å². The number of ether oxygens (including phenoxy) is 2. The normalized spacial score (nSPS) is 16.0. The van der Waals surface area contributed by atoms with Crippen molar-refractivity contribution in [1.82, 2.24) is 4.57 Å². The largest absolute Gasteiger partial charge is 0.496 e. The fraction of sp³-hybridized carbons (Fsp3) is 0.227. The van der Waals surface area contributed by atoms with Crippen LogP contribution < -0.4 is 19.6 Å². The number of thiazole rings is 1. The zero-order valence-corrected chi connectivity index (χ0v) is 21.3. The molecule has 2 aromatic heterocycles. The molecule has 3 aromatic rings. The molecule has 0 fully saturated rings. The summed E-state index contributed by atoms with van der Waals surface area (Å²) in [6.45, 7) is 3.69. The number of methoxy groups -OCH3 is 1. The van der Waals surface area contributed by atoms with Crippen molar-refractivity contribution in [1.29, 1.82) is 0 Å². The molecular formula is C22H18Br2N2O5S. The van der Waals surface area contributed by atoms with E-state index in [9.17, 15) is 9.59 Å². The third-order valence-electron chi connectivity index (χ3n) is 4.89. The summed E-state index contributed by atoms with van der Waals surface area (Å²) >= 11 is 7.90. The summed E-state index contributed by atoms with van der Waals surface area (Å²) in [5, 5.41) is 0. The van der Waals surface area contributed by atoms with Crippen LogP contribution in [0.25, 0.3) is 6.08 Å². The zero-order chi connectivity index (χ0) is 23.0. The highest BCUT2D eigenvalue weighted by Crippen LogP contribution is 2.35. The summed E-state index contributed by atoms with van der Waals surface area (Å²) in [5.41, 5.74) is 1.18. The summed E-state index contributed by atoms with van der Waals surface area (Å²) in [6, 6.07) is 8.32. The van der Waals surface area contributed by atoms with Gasteiger partial charge in [-0.05, 0) is 57.8 Å². The van der Waals surface area contributed by atoms with E-state index in [0.29, 0.717) is 42.3 Å². The molecule has 1 atom stereocenters. The van der Waals surface area contributed by atoms with E-state index in [1.54, 1.807) is 39.2 Å². The summed E-state index contributed by atoms with van der Waals surface area (Å²) < 4.78 is 19.7. The first-order chi connectivity index (χ1) is 15.3. The Morgan fingerprint density at radius 1 is 1.34 bits per heavy atom. The molecule has 1 aliphatic heterocycles. The molecule has 0 aliphatic carbocycles. The van der Waals surface area contributed by atoms with Gasteiger partial charge in [-0.3, -0.25) is 9.36 Å². The molecule has 166 valence electrons. The third-order valence-corrected chi connectivity index (χ3v) is 7.58. The maximum Gasteiger partial charge on any atom is 0.338 e. The SMILES string of the molecule is CCOC(=O)C1=C(C)N=c2s/c(=C/c3cc(Br)c(Br)o3)c(=O)n2[C@H]1c1ccccc1OC. The second-order valence-corrected chi connectivity index (χ2v) is 9.40. The lowest BCUT2D eigenvalue weighted by Gasteiger charge is -2.25. The van der Waals surface area contributed by atoms with Gasteiger partial charge in [-0.25, -0.2) is 9.79 Å². The smallest absolute Gasteiger partial charge is 0.338 e. The standard InChI is InChI=1S/C22H18Br2N2O5S/c1-4-30-21(28)17-11(2)25-22-26(18(17)13-7-5-6-8-15(13)29-3)20(27)16(32-22)10-12-9-14(23)19(24)31-12/h5-10,18H,4H2,1-3H3/b16-10+/t18-/m0/s1. The van der Waals surface area contributed by atoms with Crippen LogP contribution in [-0.2, 0) is 9.53 Å². The number of rotatable bonds is 5. The van der Waals surface area contributed by atoms with E-state index >= 15 is 0 Å². The Labute approximate surface area is 203 Å². The molecule has 10 heteroatoms. The monoisotopic (exact) mass is 580 g/mol. The molecule has 3 heterocycles. The van der Waals surface area contributed by atoms with Gasteiger partial charge in [0.25, 0.3) is 5.56 Å². The number of hydrogen-bond acceptors (Lipinski definition) is 7. The Hall–Kier alpha value is -2.43. The molecular weight excluding hydrogens is 564 g/mol. The Bertz CT molecular complexity index is 1400. The number of halogens is 2. The highest BCUT2D eigenvalue weighted by molar-refractivity contribution is 9.13. The summed E-state index contributed by atoms with van der Waals surface area (Å²) in [7, 11) is 1.55. The molecule has 0 unspecified atom stereocenters. The van der Waals surface area contributed by atoms with E-state index in [4.69, 9.17) is 13.9 Å². The molecule has 1 aromatic carbocycles. The van der Waals surface area contributed by atoms with Crippen LogP contribution in [0.3, 0.4) is 0 Å². The van der Waals surface area contributed by atoms with Gasteiger partial charge >= 0.3 is 5.97 Å². The number of carbonyl (C=O) groups excluding carboxylic acids is 1. The van der Waals surface area contributed by atoms with Crippen LogP contribution in [0.2, 0.25) is 0 Å². The van der Waals surface area contributed by atoms with Crippen LogP contribution in [0.1, 0.15) is 31.2 Å². The van der Waals surface area contributed by atoms with E-state index in [1.807, 2.05) is 18.2 Å². The molecule has 32 heavy (non-hydrogen) atoms. The molecule has 1 aliphatic rings. The van der Waals surface area contributed by atoms with Gasteiger partial charge in [-0.2, -0.15) is 0 Å². The topological polar surface area (TPSA) is 83.0 Å². The number of fused-ring (bicyclic) bond motifs is 1. The maximum absolute atomic E-state index is 13.5. The van der Waals surface area contributed by atoms with Crippen LogP contribution in [0, 0.1) is 0 Å². The Balaban J connectivity index is 1.99. The van der Waals surface area contributed by atoms with Gasteiger partial charge in [0.05, 0.1) is 34.0 Å². The number of aromatic nitrogens is 1. The molecule has 0 amide bonds. The average Bonchev–Trinajstić information content (AvgIpc) is 3.24. The number of nitrogens with zero attached hydrogens (tertiary/aromatic N) is 2. The average molecular weight is 582 g/mol. The number of esters is 1. The minimum Gasteiger partial charge on any atom is -0.496 e. The lowest BCUT2D eigenvalue weighted by atomic mass is 9.95. The van der Waals surface area contributed by atoms with Crippen LogP contribution in [0.4, 0.5) is 0 Å². The van der Waals surface area contributed by atoms with Gasteiger partial charge in [0, 0.05) is 11.6 Å². The highest BCUT2D eigenvalue weighted by atomic mass is 79.9. The first-order valence-electron chi connectivity index (χ1n) is 9.63. The Kier molecular flexibility index (Phi) is 6.55. The lowest BCUT2D eigenvalue weighted by Crippen LogP contribution is -2.40. The number of hydrogen-bond donors (Lipinski definition) is 0. The highest BCUT2D eigenvalue weighted by Gasteiger charge is 2.34. The number of benzene rings is 1.